The maximum Gasteiger partial charge on any atom is 0.251 e. The number of rotatable bonds is 5. The third-order valence-corrected chi connectivity index (χ3v) is 3.49. The Kier molecular flexibility index (Phi) is 4.05. The van der Waals surface area contributed by atoms with Crippen molar-refractivity contribution in [2.24, 2.45) is 5.73 Å². The molecule has 0 aliphatic carbocycles. The van der Waals surface area contributed by atoms with Crippen LogP contribution in [0.3, 0.4) is 0 Å². The van der Waals surface area contributed by atoms with Crippen LogP contribution in [-0.2, 0) is 17.9 Å². The highest BCUT2D eigenvalue weighted by Crippen LogP contribution is 2.16. The minimum absolute atomic E-state index is 0.0249. The first kappa shape index (κ1) is 14.8. The highest BCUT2D eigenvalue weighted by Gasteiger charge is 2.13. The molecule has 1 aromatic heterocycles. The molecule has 3 rings (SSSR count). The fraction of sp³-hybridized carbons (Fsp3) is 0.118. The van der Waals surface area contributed by atoms with Crippen LogP contribution in [0.25, 0.3) is 11.0 Å². The minimum Gasteiger partial charge on any atom is -0.368 e. The molecule has 0 saturated carbocycles. The summed E-state index contributed by atoms with van der Waals surface area (Å²) in [6, 6.07) is 16.4. The van der Waals surface area contributed by atoms with E-state index in [-0.39, 0.29) is 19.0 Å². The number of nitrogens with one attached hydrogen (secondary N) is 1. The van der Waals surface area contributed by atoms with E-state index >= 15 is 0 Å². The molecule has 1 heterocycles. The SMILES string of the molecule is NC(=O)Cn1c(CNC(=O)c2ccccc2)nc2ccccc21. The molecule has 116 valence electrons. The van der Waals surface area contributed by atoms with Crippen LogP contribution in [0.5, 0.6) is 0 Å². The summed E-state index contributed by atoms with van der Waals surface area (Å²) < 4.78 is 1.73. The second kappa shape index (κ2) is 6.31. The summed E-state index contributed by atoms with van der Waals surface area (Å²) in [5, 5.41) is 2.82. The van der Waals surface area contributed by atoms with Crippen LogP contribution in [0.2, 0.25) is 0 Å². The Labute approximate surface area is 132 Å². The van der Waals surface area contributed by atoms with Crippen molar-refractivity contribution in [1.82, 2.24) is 14.9 Å². The minimum atomic E-state index is -0.455. The summed E-state index contributed by atoms with van der Waals surface area (Å²) in [7, 11) is 0. The van der Waals surface area contributed by atoms with E-state index in [1.165, 1.54) is 0 Å². The zero-order valence-corrected chi connectivity index (χ0v) is 12.4. The average Bonchev–Trinajstić information content (AvgIpc) is 2.91. The van der Waals surface area contributed by atoms with Gasteiger partial charge >= 0.3 is 0 Å². The molecule has 6 nitrogen and oxygen atoms in total. The Morgan fingerprint density at radius 3 is 2.48 bits per heavy atom. The van der Waals surface area contributed by atoms with Crippen molar-refractivity contribution < 1.29 is 9.59 Å². The lowest BCUT2D eigenvalue weighted by Crippen LogP contribution is -2.26. The molecule has 0 atom stereocenters. The predicted molar refractivity (Wildman–Crippen MR) is 86.5 cm³/mol. The third kappa shape index (κ3) is 3.21. The van der Waals surface area contributed by atoms with E-state index < -0.39 is 5.91 Å². The van der Waals surface area contributed by atoms with Crippen molar-refractivity contribution in [3.63, 3.8) is 0 Å². The summed E-state index contributed by atoms with van der Waals surface area (Å²) in [4.78, 5) is 27.9. The molecule has 0 aliphatic heterocycles. The van der Waals surface area contributed by atoms with Gasteiger partial charge in [-0.2, -0.15) is 0 Å². The number of primary amides is 1. The largest absolute Gasteiger partial charge is 0.368 e. The summed E-state index contributed by atoms with van der Waals surface area (Å²) in [6.07, 6.45) is 0. The molecular weight excluding hydrogens is 292 g/mol. The number of nitrogens with zero attached hydrogens (tertiary/aromatic N) is 2. The number of benzene rings is 2. The monoisotopic (exact) mass is 308 g/mol. The molecule has 6 heteroatoms. The zero-order chi connectivity index (χ0) is 16.2. The fourth-order valence-electron chi connectivity index (χ4n) is 2.44. The number of hydrogen-bond acceptors (Lipinski definition) is 3. The van der Waals surface area contributed by atoms with E-state index in [1.54, 1.807) is 28.8 Å². The Morgan fingerprint density at radius 2 is 1.74 bits per heavy atom. The van der Waals surface area contributed by atoms with Crippen LogP contribution in [0, 0.1) is 0 Å². The van der Waals surface area contributed by atoms with E-state index in [0.717, 1.165) is 11.0 Å². The van der Waals surface area contributed by atoms with E-state index in [4.69, 9.17) is 5.73 Å². The lowest BCUT2D eigenvalue weighted by molar-refractivity contribution is -0.118. The molecule has 0 spiro atoms. The average molecular weight is 308 g/mol. The molecule has 23 heavy (non-hydrogen) atoms. The van der Waals surface area contributed by atoms with Gasteiger partial charge in [-0.05, 0) is 24.3 Å². The summed E-state index contributed by atoms with van der Waals surface area (Å²) in [5.74, 6) is -0.0543. The molecular formula is C17H16N4O2. The van der Waals surface area contributed by atoms with Crippen molar-refractivity contribution >= 4 is 22.8 Å². The number of nitrogens with two attached hydrogens (primary N) is 1. The molecule has 0 radical (unpaired) electrons. The maximum atomic E-state index is 12.1. The Morgan fingerprint density at radius 1 is 1.04 bits per heavy atom. The van der Waals surface area contributed by atoms with Crippen molar-refractivity contribution in [2.45, 2.75) is 13.1 Å². The number of amides is 2. The van der Waals surface area contributed by atoms with E-state index in [9.17, 15) is 9.59 Å². The van der Waals surface area contributed by atoms with Crippen LogP contribution in [0.4, 0.5) is 0 Å². The molecule has 2 amide bonds. The van der Waals surface area contributed by atoms with Gasteiger partial charge in [0.05, 0.1) is 17.6 Å². The summed E-state index contributed by atoms with van der Waals surface area (Å²) in [6.45, 7) is 0.243. The number of imidazole rings is 1. The zero-order valence-electron chi connectivity index (χ0n) is 12.4. The van der Waals surface area contributed by atoms with E-state index in [2.05, 4.69) is 10.3 Å². The first-order chi connectivity index (χ1) is 11.1. The number of carbonyl (C=O) groups excluding carboxylic acids is 2. The summed E-state index contributed by atoms with van der Waals surface area (Å²) in [5.41, 5.74) is 7.47. The van der Waals surface area contributed by atoms with Crippen molar-refractivity contribution in [1.29, 1.82) is 0 Å². The summed E-state index contributed by atoms with van der Waals surface area (Å²) >= 11 is 0. The van der Waals surface area contributed by atoms with Gasteiger partial charge in [-0.15, -0.1) is 0 Å². The smallest absolute Gasteiger partial charge is 0.251 e. The third-order valence-electron chi connectivity index (χ3n) is 3.49. The fourth-order valence-corrected chi connectivity index (χ4v) is 2.44. The molecule has 0 aliphatic rings. The van der Waals surface area contributed by atoms with Crippen molar-refractivity contribution in [3.05, 3.63) is 66.0 Å². The van der Waals surface area contributed by atoms with Gasteiger partial charge in [0.2, 0.25) is 5.91 Å². The van der Waals surface area contributed by atoms with E-state index in [0.29, 0.717) is 11.4 Å². The number of fused-ring (bicyclic) bond motifs is 1. The Bertz CT molecular complexity index is 855. The molecule has 0 saturated heterocycles. The van der Waals surface area contributed by atoms with Gasteiger partial charge < -0.3 is 15.6 Å². The topological polar surface area (TPSA) is 90.0 Å². The first-order valence-electron chi connectivity index (χ1n) is 7.21. The number of para-hydroxylation sites is 2. The molecule has 3 aromatic rings. The quantitative estimate of drug-likeness (QED) is 0.747. The lowest BCUT2D eigenvalue weighted by atomic mass is 10.2. The molecule has 0 unspecified atom stereocenters. The van der Waals surface area contributed by atoms with Crippen LogP contribution < -0.4 is 11.1 Å². The van der Waals surface area contributed by atoms with E-state index in [1.807, 2.05) is 30.3 Å². The van der Waals surface area contributed by atoms with Crippen LogP contribution >= 0.6 is 0 Å². The van der Waals surface area contributed by atoms with Crippen molar-refractivity contribution in [3.8, 4) is 0 Å². The number of hydrogen-bond donors (Lipinski definition) is 2. The van der Waals surface area contributed by atoms with Gasteiger partial charge in [-0.3, -0.25) is 9.59 Å². The van der Waals surface area contributed by atoms with Crippen molar-refractivity contribution in [2.75, 3.05) is 0 Å². The molecule has 3 N–H and O–H groups in total. The highest BCUT2D eigenvalue weighted by atomic mass is 16.2. The van der Waals surface area contributed by atoms with Gasteiger partial charge in [0.1, 0.15) is 12.4 Å². The van der Waals surface area contributed by atoms with Crippen LogP contribution in [0.15, 0.2) is 54.6 Å². The maximum absolute atomic E-state index is 12.1. The Balaban J connectivity index is 1.84. The van der Waals surface area contributed by atoms with Gasteiger partial charge in [0.15, 0.2) is 0 Å². The Hall–Kier alpha value is -3.15. The van der Waals surface area contributed by atoms with Gasteiger partial charge in [-0.25, -0.2) is 4.98 Å². The number of aromatic nitrogens is 2. The van der Waals surface area contributed by atoms with Gasteiger partial charge in [-0.1, -0.05) is 30.3 Å². The first-order valence-corrected chi connectivity index (χ1v) is 7.21. The standard InChI is InChI=1S/C17H16N4O2/c18-15(22)11-21-14-9-5-4-8-13(14)20-16(21)10-19-17(23)12-6-2-1-3-7-12/h1-9H,10-11H2,(H2,18,22)(H,19,23). The normalized spacial score (nSPS) is 10.6. The molecule has 2 aromatic carbocycles. The molecule has 0 bridgehead atoms. The number of carbonyl (C=O) groups is 2. The van der Waals surface area contributed by atoms with Crippen LogP contribution in [-0.4, -0.2) is 21.4 Å². The van der Waals surface area contributed by atoms with Gasteiger partial charge in [0.25, 0.3) is 5.91 Å². The van der Waals surface area contributed by atoms with Crippen LogP contribution in [0.1, 0.15) is 16.2 Å². The molecule has 0 fully saturated rings. The second-order valence-corrected chi connectivity index (χ2v) is 5.12. The van der Waals surface area contributed by atoms with Gasteiger partial charge in [0, 0.05) is 5.56 Å². The second-order valence-electron chi connectivity index (χ2n) is 5.12. The lowest BCUT2D eigenvalue weighted by Gasteiger charge is -2.08. The highest BCUT2D eigenvalue weighted by molar-refractivity contribution is 5.94. The predicted octanol–water partition coefficient (Wildman–Crippen LogP) is 1.45.